The third-order valence-electron chi connectivity index (χ3n) is 2.43. The van der Waals surface area contributed by atoms with Crippen LogP contribution in [-0.4, -0.2) is 51.3 Å². The number of halogens is 9. The summed E-state index contributed by atoms with van der Waals surface area (Å²) in [6.45, 7) is 1.16. The van der Waals surface area contributed by atoms with Gasteiger partial charge in [0, 0.05) is 16.7 Å². The molecule has 0 amide bonds. The van der Waals surface area contributed by atoms with E-state index in [9.17, 15) is 40.2 Å². The molecule has 0 heterocycles. The Morgan fingerprint density at radius 1 is 1.00 bits per heavy atom. The fraction of sp³-hybridized carbons (Fsp3) is 0.818. The van der Waals surface area contributed by atoms with Crippen LogP contribution in [0.15, 0.2) is 11.0 Å². The highest BCUT2D eigenvalue weighted by Gasteiger charge is 2.79. The molecular weight excluding hydrogens is 384 g/mol. The van der Waals surface area contributed by atoms with Gasteiger partial charge in [-0.2, -0.15) is 35.1 Å². The van der Waals surface area contributed by atoms with E-state index in [0.29, 0.717) is 0 Å². The lowest BCUT2D eigenvalue weighted by molar-refractivity contribution is -0.335. The molecule has 0 unspecified atom stereocenters. The number of thioether (sulfide) groups is 1. The third kappa shape index (κ3) is 4.86. The second kappa shape index (κ2) is 6.93. The van der Waals surface area contributed by atoms with Crippen LogP contribution in [0.1, 0.15) is 13.8 Å². The van der Waals surface area contributed by atoms with E-state index >= 15 is 0 Å². The molecule has 0 aliphatic carbocycles. The molecule has 0 aromatic carbocycles. The van der Waals surface area contributed by atoms with Crippen molar-refractivity contribution in [3.8, 4) is 0 Å². The SMILES string of the molecule is CC(C)(O)/C(=C/C(F)(F)C(F)(F)C(F)(F)C(F)(F)Cl)SCCO. The maximum Gasteiger partial charge on any atom is 0.393 e. The van der Waals surface area contributed by atoms with Gasteiger partial charge in [-0.3, -0.25) is 0 Å². The molecule has 138 valence electrons. The van der Waals surface area contributed by atoms with E-state index in [1.807, 2.05) is 0 Å². The average Bonchev–Trinajstić information content (AvgIpc) is 2.31. The van der Waals surface area contributed by atoms with E-state index in [0.717, 1.165) is 13.8 Å². The molecule has 0 aromatic rings. The summed E-state index contributed by atoms with van der Waals surface area (Å²) >= 11 is 4.09. The summed E-state index contributed by atoms with van der Waals surface area (Å²) in [5, 5.41) is 12.2. The number of allylic oxidation sites excluding steroid dienone is 1. The smallest absolute Gasteiger partial charge is 0.393 e. The van der Waals surface area contributed by atoms with E-state index in [-0.39, 0.29) is 17.5 Å². The van der Waals surface area contributed by atoms with Crippen LogP contribution in [0, 0.1) is 0 Å². The Kier molecular flexibility index (Phi) is 6.85. The zero-order valence-corrected chi connectivity index (χ0v) is 13.3. The fourth-order valence-corrected chi connectivity index (χ4v) is 2.21. The highest BCUT2D eigenvalue weighted by Crippen LogP contribution is 2.55. The Hall–Kier alpha value is -0.260. The normalized spacial score (nSPS) is 16.0. The van der Waals surface area contributed by atoms with Crippen molar-refractivity contribution in [3.63, 3.8) is 0 Å². The maximum absolute atomic E-state index is 13.5. The molecule has 0 aromatic heterocycles. The minimum absolute atomic E-state index is 0.272. The van der Waals surface area contributed by atoms with Crippen LogP contribution in [0.3, 0.4) is 0 Å². The monoisotopic (exact) mass is 396 g/mol. The Bertz CT molecular complexity index is 442. The minimum Gasteiger partial charge on any atom is -0.396 e. The fourth-order valence-electron chi connectivity index (χ4n) is 1.19. The van der Waals surface area contributed by atoms with Gasteiger partial charge in [-0.05, 0) is 25.4 Å². The van der Waals surface area contributed by atoms with Gasteiger partial charge in [0.1, 0.15) is 0 Å². The van der Waals surface area contributed by atoms with Crippen molar-refractivity contribution >= 4 is 23.4 Å². The molecule has 0 spiro atoms. The van der Waals surface area contributed by atoms with Crippen LogP contribution < -0.4 is 0 Å². The topological polar surface area (TPSA) is 40.5 Å². The zero-order valence-electron chi connectivity index (χ0n) is 11.7. The van der Waals surface area contributed by atoms with Gasteiger partial charge < -0.3 is 10.2 Å². The largest absolute Gasteiger partial charge is 0.396 e. The zero-order chi connectivity index (χ0) is 18.9. The number of alkyl halides is 9. The summed E-state index contributed by atoms with van der Waals surface area (Å²) in [6.07, 6.45) is -0.732. The molecule has 12 heteroatoms. The predicted octanol–water partition coefficient (Wildman–Crippen LogP) is 4.10. The van der Waals surface area contributed by atoms with Crippen LogP contribution in [0.25, 0.3) is 0 Å². The van der Waals surface area contributed by atoms with Gasteiger partial charge in [-0.25, -0.2) is 0 Å². The van der Waals surface area contributed by atoms with Gasteiger partial charge in [0.2, 0.25) is 0 Å². The van der Waals surface area contributed by atoms with E-state index in [2.05, 4.69) is 11.6 Å². The van der Waals surface area contributed by atoms with Crippen molar-refractivity contribution in [2.75, 3.05) is 12.4 Å². The first kappa shape index (κ1) is 22.7. The first-order chi connectivity index (χ1) is 9.92. The molecule has 0 bridgehead atoms. The lowest BCUT2D eigenvalue weighted by Crippen LogP contribution is -2.60. The summed E-state index contributed by atoms with van der Waals surface area (Å²) in [5.41, 5.74) is -2.17. The van der Waals surface area contributed by atoms with E-state index in [4.69, 9.17) is 5.11 Å². The molecule has 0 saturated heterocycles. The van der Waals surface area contributed by atoms with Crippen LogP contribution in [0.5, 0.6) is 0 Å². The Labute approximate surface area is 135 Å². The quantitative estimate of drug-likeness (QED) is 0.479. The van der Waals surface area contributed by atoms with E-state index < -0.39 is 46.3 Å². The summed E-state index contributed by atoms with van der Waals surface area (Å²) in [5.74, 6) is -19.2. The summed E-state index contributed by atoms with van der Waals surface area (Å²) in [7, 11) is 0. The first-order valence-electron chi connectivity index (χ1n) is 5.81. The molecule has 2 nitrogen and oxygen atoms in total. The van der Waals surface area contributed by atoms with Gasteiger partial charge in [0.15, 0.2) is 0 Å². The molecule has 0 rings (SSSR count). The number of hydrogen-bond acceptors (Lipinski definition) is 3. The highest BCUT2D eigenvalue weighted by atomic mass is 35.5. The molecule has 0 radical (unpaired) electrons. The van der Waals surface area contributed by atoms with Crippen LogP contribution in [0.2, 0.25) is 0 Å². The minimum atomic E-state index is -6.56. The van der Waals surface area contributed by atoms with Crippen molar-refractivity contribution in [1.82, 2.24) is 0 Å². The van der Waals surface area contributed by atoms with Crippen molar-refractivity contribution < 1.29 is 45.3 Å². The molecule has 0 fully saturated rings. The molecule has 23 heavy (non-hydrogen) atoms. The third-order valence-corrected chi connectivity index (χ3v) is 3.99. The molecular formula is C11H13ClF8O2S. The van der Waals surface area contributed by atoms with E-state index in [1.165, 1.54) is 0 Å². The second-order valence-electron chi connectivity index (χ2n) is 4.91. The van der Waals surface area contributed by atoms with Crippen LogP contribution in [0.4, 0.5) is 35.1 Å². The summed E-state index contributed by atoms with van der Waals surface area (Å²) in [4.78, 5) is -0.912. The van der Waals surface area contributed by atoms with Crippen molar-refractivity contribution in [3.05, 3.63) is 11.0 Å². The molecule has 2 N–H and O–H groups in total. The number of rotatable bonds is 8. The van der Waals surface area contributed by atoms with Gasteiger partial charge in [-0.1, -0.05) is 0 Å². The highest BCUT2D eigenvalue weighted by molar-refractivity contribution is 8.03. The number of hydrogen-bond donors (Lipinski definition) is 2. The molecule has 0 aliphatic rings. The van der Waals surface area contributed by atoms with Crippen molar-refractivity contribution in [2.24, 2.45) is 0 Å². The average molecular weight is 397 g/mol. The van der Waals surface area contributed by atoms with Gasteiger partial charge in [0.25, 0.3) is 0 Å². The van der Waals surface area contributed by atoms with Gasteiger partial charge >= 0.3 is 23.1 Å². The Morgan fingerprint density at radius 2 is 1.43 bits per heavy atom. The van der Waals surface area contributed by atoms with Gasteiger partial charge in [-0.15, -0.1) is 11.8 Å². The van der Waals surface area contributed by atoms with Crippen molar-refractivity contribution in [1.29, 1.82) is 0 Å². The predicted molar refractivity (Wildman–Crippen MR) is 69.6 cm³/mol. The standard InChI is InChI=1S/C11H13ClF8O2S/c1-7(2,22)6(23-4-3-21)5-8(13,14)9(15,16)10(17,18)11(12,19)20/h5,21-22H,3-4H2,1-2H3/b6-5-. The van der Waals surface area contributed by atoms with Crippen LogP contribution >= 0.6 is 23.4 Å². The molecule has 0 atom stereocenters. The van der Waals surface area contributed by atoms with E-state index in [1.54, 1.807) is 0 Å². The Morgan fingerprint density at radius 3 is 1.74 bits per heavy atom. The Balaban J connectivity index is 5.97. The van der Waals surface area contributed by atoms with Gasteiger partial charge in [0.05, 0.1) is 12.2 Å². The lowest BCUT2D eigenvalue weighted by atomic mass is 10.0. The van der Waals surface area contributed by atoms with Crippen molar-refractivity contribution in [2.45, 2.75) is 42.6 Å². The second-order valence-corrected chi connectivity index (χ2v) is 6.52. The summed E-state index contributed by atoms with van der Waals surface area (Å²) < 4.78 is 104. The maximum atomic E-state index is 13.5. The first-order valence-corrected chi connectivity index (χ1v) is 7.17. The number of aliphatic hydroxyl groups is 2. The molecule has 0 aliphatic heterocycles. The molecule has 0 saturated carbocycles. The van der Waals surface area contributed by atoms with Crippen LogP contribution in [-0.2, 0) is 0 Å². The number of aliphatic hydroxyl groups excluding tert-OH is 1. The summed E-state index contributed by atoms with van der Waals surface area (Å²) in [6, 6.07) is 0. The lowest BCUT2D eigenvalue weighted by Gasteiger charge is -2.34.